The number of ether oxygens (including phenoxy) is 1. The molecule has 1 saturated heterocycles. The van der Waals surface area contributed by atoms with Gasteiger partial charge in [-0.1, -0.05) is 12.1 Å². The molecular formula is C23H23N5O3. The van der Waals surface area contributed by atoms with Crippen molar-refractivity contribution in [2.45, 2.75) is 18.9 Å². The Labute approximate surface area is 178 Å². The lowest BCUT2D eigenvalue weighted by Gasteiger charge is -2.20. The number of hydrogen-bond acceptors (Lipinski definition) is 5. The number of aromatic nitrogens is 3. The molecule has 1 atom stereocenters. The van der Waals surface area contributed by atoms with Crippen LogP contribution in [0.1, 0.15) is 23.2 Å². The van der Waals surface area contributed by atoms with Crippen LogP contribution in [0, 0.1) is 0 Å². The molecule has 0 aliphatic carbocycles. The van der Waals surface area contributed by atoms with Crippen molar-refractivity contribution in [1.29, 1.82) is 0 Å². The van der Waals surface area contributed by atoms with Gasteiger partial charge in [0.2, 0.25) is 0 Å². The largest absolute Gasteiger partial charge is 0.396 e. The highest BCUT2D eigenvalue weighted by molar-refractivity contribution is 6.04. The van der Waals surface area contributed by atoms with Gasteiger partial charge in [0.15, 0.2) is 5.69 Å². The van der Waals surface area contributed by atoms with E-state index in [1.807, 2.05) is 18.2 Å². The van der Waals surface area contributed by atoms with Crippen LogP contribution >= 0.6 is 0 Å². The van der Waals surface area contributed by atoms with E-state index in [4.69, 9.17) is 10.5 Å². The Morgan fingerprint density at radius 1 is 1.23 bits per heavy atom. The maximum absolute atomic E-state index is 12.9. The van der Waals surface area contributed by atoms with Crippen molar-refractivity contribution in [3.8, 4) is 11.4 Å². The molecule has 1 amide bonds. The lowest BCUT2D eigenvalue weighted by molar-refractivity contribution is 0.0587. The molecule has 4 aromatic rings. The Morgan fingerprint density at radius 2 is 2.06 bits per heavy atom. The molecule has 31 heavy (non-hydrogen) atoms. The second-order valence-corrected chi connectivity index (χ2v) is 7.93. The molecule has 0 radical (unpaired) electrons. The zero-order valence-electron chi connectivity index (χ0n) is 17.1. The number of para-hydroxylation sites is 2. The minimum atomic E-state index is -0.329. The Morgan fingerprint density at radius 3 is 2.87 bits per heavy atom. The molecule has 2 aromatic carbocycles. The number of carbonyl (C=O) groups is 1. The van der Waals surface area contributed by atoms with E-state index in [1.54, 1.807) is 36.2 Å². The van der Waals surface area contributed by atoms with E-state index in [2.05, 4.69) is 15.0 Å². The number of anilines is 1. The summed E-state index contributed by atoms with van der Waals surface area (Å²) < 4.78 is 5.63. The van der Waals surface area contributed by atoms with Crippen molar-refractivity contribution in [3.05, 3.63) is 58.4 Å². The van der Waals surface area contributed by atoms with E-state index in [-0.39, 0.29) is 23.3 Å². The number of nitrogens with zero attached hydrogens (tertiary/aromatic N) is 2. The molecule has 1 unspecified atom stereocenters. The number of nitrogens with one attached hydrogen (secondary N) is 2. The van der Waals surface area contributed by atoms with Gasteiger partial charge in [0.25, 0.3) is 11.5 Å². The highest BCUT2D eigenvalue weighted by atomic mass is 16.5. The first-order chi connectivity index (χ1) is 15.0. The summed E-state index contributed by atoms with van der Waals surface area (Å²) in [5.41, 5.74) is 9.71. The van der Waals surface area contributed by atoms with Crippen molar-refractivity contribution in [2.75, 3.05) is 25.9 Å². The number of benzene rings is 2. The Hall–Kier alpha value is -3.65. The number of carbonyl (C=O) groups excluding carboxylic acids is 1. The minimum Gasteiger partial charge on any atom is -0.396 e. The van der Waals surface area contributed by atoms with Gasteiger partial charge in [-0.05, 0) is 43.2 Å². The molecule has 4 N–H and O–H groups in total. The minimum absolute atomic E-state index is 0.0901. The average Bonchev–Trinajstić information content (AvgIpc) is 3.40. The van der Waals surface area contributed by atoms with E-state index >= 15 is 0 Å². The zero-order valence-corrected chi connectivity index (χ0v) is 17.1. The van der Waals surface area contributed by atoms with E-state index in [0.29, 0.717) is 39.9 Å². The standard InChI is InChI=1S/C23H23N5O3/c1-28(12-14-5-4-10-31-14)23(30)13-8-9-16-15(11-13)19(24)20(25-16)21-22(29)27-18-7-3-2-6-17(18)26-21/h2-3,6-9,11,14,25H,4-5,10,12,24H2,1H3,(H,27,29). The van der Waals surface area contributed by atoms with Gasteiger partial charge < -0.3 is 25.3 Å². The third-order valence-corrected chi connectivity index (χ3v) is 5.77. The molecule has 3 heterocycles. The predicted molar refractivity (Wildman–Crippen MR) is 120 cm³/mol. The third kappa shape index (κ3) is 3.44. The molecule has 1 fully saturated rings. The molecule has 8 nitrogen and oxygen atoms in total. The number of rotatable bonds is 4. The number of H-pyrrole nitrogens is 2. The zero-order chi connectivity index (χ0) is 21.5. The normalized spacial score (nSPS) is 16.2. The van der Waals surface area contributed by atoms with Crippen LogP contribution in [0.4, 0.5) is 5.69 Å². The lowest BCUT2D eigenvalue weighted by Crippen LogP contribution is -2.34. The number of likely N-dealkylation sites (N-methyl/N-ethyl adjacent to an activating group) is 1. The van der Waals surface area contributed by atoms with Crippen LogP contribution in [-0.2, 0) is 4.74 Å². The van der Waals surface area contributed by atoms with Crippen LogP contribution in [-0.4, -0.2) is 52.1 Å². The number of nitrogen functional groups attached to an aromatic ring is 1. The summed E-state index contributed by atoms with van der Waals surface area (Å²) in [6.45, 7) is 1.31. The molecule has 1 aliphatic heterocycles. The van der Waals surface area contributed by atoms with Crippen LogP contribution in [0.15, 0.2) is 47.3 Å². The topological polar surface area (TPSA) is 117 Å². The summed E-state index contributed by atoms with van der Waals surface area (Å²) in [6.07, 6.45) is 2.09. The number of hydrogen-bond donors (Lipinski definition) is 3. The maximum Gasteiger partial charge on any atom is 0.276 e. The summed E-state index contributed by atoms with van der Waals surface area (Å²) >= 11 is 0. The molecule has 8 heteroatoms. The lowest BCUT2D eigenvalue weighted by atomic mass is 10.1. The molecule has 158 valence electrons. The number of amides is 1. The summed E-state index contributed by atoms with van der Waals surface area (Å²) in [5, 5.41) is 0.681. The van der Waals surface area contributed by atoms with Gasteiger partial charge >= 0.3 is 0 Å². The van der Waals surface area contributed by atoms with Gasteiger partial charge in [0.1, 0.15) is 0 Å². The van der Waals surface area contributed by atoms with Crippen LogP contribution in [0.5, 0.6) is 0 Å². The van der Waals surface area contributed by atoms with Gasteiger partial charge in [-0.15, -0.1) is 0 Å². The highest BCUT2D eigenvalue weighted by Gasteiger charge is 2.22. The van der Waals surface area contributed by atoms with Gasteiger partial charge in [-0.25, -0.2) is 4.98 Å². The summed E-state index contributed by atoms with van der Waals surface area (Å²) in [5.74, 6) is -0.0961. The fourth-order valence-corrected chi connectivity index (χ4v) is 4.13. The second-order valence-electron chi connectivity index (χ2n) is 7.93. The van der Waals surface area contributed by atoms with Crippen molar-refractivity contribution in [1.82, 2.24) is 19.9 Å². The first kappa shape index (κ1) is 19.3. The van der Waals surface area contributed by atoms with Crippen LogP contribution in [0.2, 0.25) is 0 Å². The second kappa shape index (κ2) is 7.55. The number of aromatic amines is 2. The van der Waals surface area contributed by atoms with Crippen molar-refractivity contribution in [2.24, 2.45) is 0 Å². The molecule has 0 saturated carbocycles. The van der Waals surface area contributed by atoms with E-state index in [0.717, 1.165) is 25.0 Å². The van der Waals surface area contributed by atoms with Crippen LogP contribution < -0.4 is 11.3 Å². The van der Waals surface area contributed by atoms with Crippen molar-refractivity contribution < 1.29 is 9.53 Å². The predicted octanol–water partition coefficient (Wildman–Crippen LogP) is 2.90. The molecule has 2 aromatic heterocycles. The molecule has 1 aliphatic rings. The summed E-state index contributed by atoms with van der Waals surface area (Å²) in [7, 11) is 1.78. The van der Waals surface area contributed by atoms with Crippen molar-refractivity contribution >= 4 is 33.5 Å². The first-order valence-electron chi connectivity index (χ1n) is 10.3. The Balaban J connectivity index is 1.51. The first-order valence-corrected chi connectivity index (χ1v) is 10.3. The maximum atomic E-state index is 12.9. The molecular weight excluding hydrogens is 394 g/mol. The SMILES string of the molecule is CN(CC1CCCO1)C(=O)c1ccc2[nH]c(-c3nc4ccccc4[nH]c3=O)c(N)c2c1. The van der Waals surface area contributed by atoms with Crippen molar-refractivity contribution in [3.63, 3.8) is 0 Å². The molecule has 5 rings (SSSR count). The van der Waals surface area contributed by atoms with Gasteiger partial charge in [0, 0.05) is 36.7 Å². The fourth-order valence-electron chi connectivity index (χ4n) is 4.13. The van der Waals surface area contributed by atoms with E-state index in [1.165, 1.54) is 0 Å². The van der Waals surface area contributed by atoms with Gasteiger partial charge in [0.05, 0.1) is 28.5 Å². The van der Waals surface area contributed by atoms with E-state index in [9.17, 15) is 9.59 Å². The Kier molecular flexibility index (Phi) is 4.71. The Bertz CT molecular complexity index is 1350. The quantitative estimate of drug-likeness (QED) is 0.472. The fraction of sp³-hybridized carbons (Fsp3) is 0.261. The third-order valence-electron chi connectivity index (χ3n) is 5.77. The number of nitrogens with two attached hydrogens (primary N) is 1. The summed E-state index contributed by atoms with van der Waals surface area (Å²) in [6, 6.07) is 12.6. The summed E-state index contributed by atoms with van der Waals surface area (Å²) in [4.78, 5) is 37.7. The smallest absolute Gasteiger partial charge is 0.276 e. The molecule has 0 bridgehead atoms. The number of fused-ring (bicyclic) bond motifs is 2. The van der Waals surface area contributed by atoms with Crippen LogP contribution in [0.25, 0.3) is 33.3 Å². The molecule has 0 spiro atoms. The monoisotopic (exact) mass is 417 g/mol. The van der Waals surface area contributed by atoms with E-state index < -0.39 is 0 Å². The van der Waals surface area contributed by atoms with Crippen LogP contribution in [0.3, 0.4) is 0 Å². The highest BCUT2D eigenvalue weighted by Crippen LogP contribution is 2.31. The van der Waals surface area contributed by atoms with Gasteiger partial charge in [-0.3, -0.25) is 9.59 Å². The average molecular weight is 417 g/mol. The van der Waals surface area contributed by atoms with Gasteiger partial charge in [-0.2, -0.15) is 0 Å².